The van der Waals surface area contributed by atoms with E-state index < -0.39 is 11.9 Å². The van der Waals surface area contributed by atoms with Crippen LogP contribution in [0.4, 0.5) is 0 Å². The summed E-state index contributed by atoms with van der Waals surface area (Å²) >= 11 is 0. The quantitative estimate of drug-likeness (QED) is 0.323. The first-order valence-electron chi connectivity index (χ1n) is 11.7. The molecule has 0 aliphatic rings. The lowest BCUT2D eigenvalue weighted by Crippen LogP contribution is -2.04. The van der Waals surface area contributed by atoms with E-state index >= 15 is 0 Å². The van der Waals surface area contributed by atoms with Gasteiger partial charge in [-0.2, -0.15) is 0 Å². The molecule has 0 aromatic heterocycles. The van der Waals surface area contributed by atoms with E-state index in [-0.39, 0.29) is 42.6 Å². The maximum absolute atomic E-state index is 11.1. The average Bonchev–Trinajstić information content (AvgIpc) is 2.78. The summed E-state index contributed by atoms with van der Waals surface area (Å²) in [6.45, 7) is 8.10. The van der Waals surface area contributed by atoms with Gasteiger partial charge in [0.15, 0.2) is 0 Å². The molecule has 6 nitrogen and oxygen atoms in total. The number of carboxylic acids is 2. The van der Waals surface area contributed by atoms with Crippen LogP contribution < -0.4 is 0 Å². The van der Waals surface area contributed by atoms with Crippen molar-refractivity contribution in [3.8, 4) is 11.5 Å². The minimum atomic E-state index is -0.878. The van der Waals surface area contributed by atoms with Crippen LogP contribution in [0, 0.1) is 0 Å². The maximum atomic E-state index is 11.1. The third-order valence-corrected chi connectivity index (χ3v) is 6.48. The van der Waals surface area contributed by atoms with Gasteiger partial charge in [0.25, 0.3) is 0 Å². The molecule has 0 bridgehead atoms. The van der Waals surface area contributed by atoms with E-state index in [1.54, 1.807) is 0 Å². The van der Waals surface area contributed by atoms with E-state index in [4.69, 9.17) is 10.2 Å². The molecular weight excluding hydrogens is 420 g/mol. The summed E-state index contributed by atoms with van der Waals surface area (Å²) in [5.74, 6) is -1.22. The van der Waals surface area contributed by atoms with Gasteiger partial charge in [-0.1, -0.05) is 52.0 Å². The normalized spacial score (nSPS) is 13.0. The molecular formula is C27H36O6. The Morgan fingerprint density at radius 1 is 0.727 bits per heavy atom. The fourth-order valence-corrected chi connectivity index (χ4v) is 4.03. The predicted octanol–water partition coefficient (Wildman–Crippen LogP) is 5.75. The first kappa shape index (κ1) is 26.2. The number of carbonyl (C=O) groups is 2. The molecule has 2 aromatic rings. The van der Waals surface area contributed by atoms with Crippen LogP contribution >= 0.6 is 0 Å². The maximum Gasteiger partial charge on any atom is 0.303 e. The number of rotatable bonds is 12. The monoisotopic (exact) mass is 456 g/mol. The summed E-state index contributed by atoms with van der Waals surface area (Å²) in [5.41, 5.74) is 4.49. The van der Waals surface area contributed by atoms with Crippen LogP contribution in [0.3, 0.4) is 0 Å². The van der Waals surface area contributed by atoms with E-state index in [9.17, 15) is 19.8 Å². The highest BCUT2D eigenvalue weighted by molar-refractivity contribution is 5.67. The van der Waals surface area contributed by atoms with Crippen LogP contribution in [0.25, 0.3) is 0 Å². The van der Waals surface area contributed by atoms with Crippen molar-refractivity contribution in [3.05, 3.63) is 57.6 Å². The summed E-state index contributed by atoms with van der Waals surface area (Å²) in [4.78, 5) is 22.2. The predicted molar refractivity (Wildman–Crippen MR) is 128 cm³/mol. The molecule has 2 atom stereocenters. The van der Waals surface area contributed by atoms with Gasteiger partial charge in [-0.25, -0.2) is 0 Å². The highest BCUT2D eigenvalue weighted by Gasteiger charge is 2.19. The molecule has 180 valence electrons. The molecule has 0 radical (unpaired) electrons. The number of aromatic hydroxyl groups is 2. The van der Waals surface area contributed by atoms with Gasteiger partial charge >= 0.3 is 11.9 Å². The van der Waals surface area contributed by atoms with E-state index in [0.717, 1.165) is 35.1 Å². The second-order valence-corrected chi connectivity index (χ2v) is 8.97. The van der Waals surface area contributed by atoms with Gasteiger partial charge < -0.3 is 20.4 Å². The van der Waals surface area contributed by atoms with E-state index in [0.29, 0.717) is 24.0 Å². The number of phenolic OH excluding ortho intramolecular Hbond substituents is 2. The van der Waals surface area contributed by atoms with Crippen molar-refractivity contribution in [1.82, 2.24) is 0 Å². The molecule has 0 saturated carbocycles. The summed E-state index contributed by atoms with van der Waals surface area (Å²) in [6.07, 6.45) is 2.62. The Morgan fingerprint density at radius 2 is 1.09 bits per heavy atom. The Morgan fingerprint density at radius 3 is 1.39 bits per heavy atom. The smallest absolute Gasteiger partial charge is 0.303 e. The molecule has 0 aliphatic heterocycles. The summed E-state index contributed by atoms with van der Waals surface area (Å²) in [6, 6.07) is 7.39. The second kappa shape index (κ2) is 11.7. The zero-order valence-electron chi connectivity index (χ0n) is 20.0. The Balaban J connectivity index is 2.56. The Bertz CT molecular complexity index is 915. The third kappa shape index (κ3) is 6.98. The first-order valence-corrected chi connectivity index (χ1v) is 11.7. The summed E-state index contributed by atoms with van der Waals surface area (Å²) < 4.78 is 0. The largest absolute Gasteiger partial charge is 0.507 e. The van der Waals surface area contributed by atoms with Crippen LogP contribution in [0.2, 0.25) is 0 Å². The fraction of sp³-hybridized carbons (Fsp3) is 0.481. The van der Waals surface area contributed by atoms with Crippen molar-refractivity contribution in [2.75, 3.05) is 0 Å². The van der Waals surface area contributed by atoms with Gasteiger partial charge in [-0.3, -0.25) is 9.59 Å². The molecule has 0 fully saturated rings. The van der Waals surface area contributed by atoms with Crippen molar-refractivity contribution in [1.29, 1.82) is 0 Å². The van der Waals surface area contributed by atoms with Crippen molar-refractivity contribution < 1.29 is 30.0 Å². The number of hydrogen-bond acceptors (Lipinski definition) is 4. The minimum absolute atomic E-state index is 0.00174. The highest BCUT2D eigenvalue weighted by Crippen LogP contribution is 2.38. The molecule has 33 heavy (non-hydrogen) atoms. The molecule has 4 N–H and O–H groups in total. The molecule has 0 spiro atoms. The molecule has 0 aliphatic carbocycles. The van der Waals surface area contributed by atoms with Crippen molar-refractivity contribution in [3.63, 3.8) is 0 Å². The van der Waals surface area contributed by atoms with Gasteiger partial charge in [-0.15, -0.1) is 0 Å². The first-order chi connectivity index (χ1) is 15.6. The van der Waals surface area contributed by atoms with Crippen LogP contribution in [-0.2, 0) is 28.9 Å². The molecule has 6 heteroatoms. The molecule has 0 saturated heterocycles. The summed E-state index contributed by atoms with van der Waals surface area (Å²) in [7, 11) is 0. The van der Waals surface area contributed by atoms with Crippen molar-refractivity contribution in [2.24, 2.45) is 0 Å². The molecule has 2 aromatic carbocycles. The van der Waals surface area contributed by atoms with E-state index in [1.807, 2.05) is 52.0 Å². The van der Waals surface area contributed by atoms with Gasteiger partial charge in [-0.05, 0) is 70.9 Å². The van der Waals surface area contributed by atoms with E-state index in [1.165, 1.54) is 0 Å². The number of carboxylic acid groups (broad SMARTS) is 2. The van der Waals surface area contributed by atoms with Crippen molar-refractivity contribution in [2.45, 2.75) is 84.5 Å². The minimum Gasteiger partial charge on any atom is -0.507 e. The highest BCUT2D eigenvalue weighted by atomic mass is 16.4. The Hall–Kier alpha value is -3.02. The number of benzene rings is 2. The van der Waals surface area contributed by atoms with Crippen LogP contribution in [0.15, 0.2) is 24.3 Å². The van der Waals surface area contributed by atoms with Gasteiger partial charge in [0.2, 0.25) is 0 Å². The van der Waals surface area contributed by atoms with Gasteiger partial charge in [0.1, 0.15) is 11.5 Å². The molecule has 0 heterocycles. The molecule has 2 unspecified atom stereocenters. The Labute approximate surface area is 195 Å². The molecule has 2 rings (SSSR count). The fourth-order valence-electron chi connectivity index (χ4n) is 4.03. The van der Waals surface area contributed by atoms with Crippen LogP contribution in [0.5, 0.6) is 11.5 Å². The SMILES string of the molecule is CCC(C)c1cc(CCC(=O)O)cc(Cc2cc(CCC(=O)O)cc(C(C)CC)c2O)c1O. The average molecular weight is 457 g/mol. The number of hydrogen-bond donors (Lipinski definition) is 4. The lowest BCUT2D eigenvalue weighted by molar-refractivity contribution is -0.138. The van der Waals surface area contributed by atoms with Crippen LogP contribution in [0.1, 0.15) is 98.6 Å². The summed E-state index contributed by atoms with van der Waals surface area (Å²) in [5, 5.41) is 40.3. The topological polar surface area (TPSA) is 115 Å². The van der Waals surface area contributed by atoms with Crippen LogP contribution in [-0.4, -0.2) is 32.4 Å². The zero-order valence-corrected chi connectivity index (χ0v) is 20.0. The lowest BCUT2D eigenvalue weighted by Gasteiger charge is -2.20. The van der Waals surface area contributed by atoms with Gasteiger partial charge in [0.05, 0.1) is 0 Å². The van der Waals surface area contributed by atoms with Gasteiger partial charge in [0, 0.05) is 19.3 Å². The number of aliphatic carboxylic acids is 2. The van der Waals surface area contributed by atoms with Crippen molar-refractivity contribution >= 4 is 11.9 Å². The third-order valence-electron chi connectivity index (χ3n) is 6.48. The number of aryl methyl sites for hydroxylation is 2. The second-order valence-electron chi connectivity index (χ2n) is 8.97. The Kier molecular flexibility index (Phi) is 9.32. The number of phenols is 2. The zero-order chi connectivity index (χ0) is 24.7. The van der Waals surface area contributed by atoms with E-state index in [2.05, 4.69) is 0 Å². The standard InChI is InChI=1S/C27H36O6/c1-5-16(3)22-13-18(7-9-24(28)29)11-20(26(22)32)15-21-12-19(8-10-25(30)31)14-23(27(21)33)17(4)6-2/h11-14,16-17,32-33H,5-10,15H2,1-4H3,(H,28,29)(H,30,31). The lowest BCUT2D eigenvalue weighted by atomic mass is 9.87. The molecule has 0 amide bonds.